The monoisotopic (exact) mass is 292 g/mol. The average molecular weight is 292 g/mol. The highest BCUT2D eigenvalue weighted by atomic mass is 19.1. The topological polar surface area (TPSA) is 15.3 Å². The van der Waals surface area contributed by atoms with Crippen LogP contribution in [0.1, 0.15) is 57.1 Å². The number of hydrogen-bond acceptors (Lipinski definition) is 2. The maximum absolute atomic E-state index is 13.4. The Morgan fingerprint density at radius 2 is 2.19 bits per heavy atom. The Morgan fingerprint density at radius 1 is 1.33 bits per heavy atom. The van der Waals surface area contributed by atoms with Crippen molar-refractivity contribution in [2.75, 3.05) is 20.1 Å². The van der Waals surface area contributed by atoms with Gasteiger partial charge >= 0.3 is 0 Å². The van der Waals surface area contributed by atoms with E-state index in [-0.39, 0.29) is 11.9 Å². The van der Waals surface area contributed by atoms with Gasteiger partial charge < -0.3 is 10.2 Å². The first-order valence-corrected chi connectivity index (χ1v) is 8.41. The number of halogens is 1. The Balaban J connectivity index is 1.95. The molecule has 118 valence electrons. The van der Waals surface area contributed by atoms with Gasteiger partial charge in [-0.05, 0) is 57.0 Å². The van der Waals surface area contributed by atoms with Crippen LogP contribution in [0.3, 0.4) is 0 Å². The number of benzene rings is 1. The summed E-state index contributed by atoms with van der Waals surface area (Å²) in [4.78, 5) is 2.65. The third-order valence-electron chi connectivity index (χ3n) is 4.77. The van der Waals surface area contributed by atoms with Crippen LogP contribution >= 0.6 is 0 Å². The van der Waals surface area contributed by atoms with E-state index < -0.39 is 0 Å². The summed E-state index contributed by atoms with van der Waals surface area (Å²) in [5, 5.41) is 3.34. The van der Waals surface area contributed by atoms with Crippen molar-refractivity contribution in [3.05, 3.63) is 35.6 Å². The molecule has 0 aromatic heterocycles. The van der Waals surface area contributed by atoms with Gasteiger partial charge in [-0.3, -0.25) is 0 Å². The van der Waals surface area contributed by atoms with Gasteiger partial charge in [0.05, 0.1) is 0 Å². The molecule has 0 bridgehead atoms. The Hall–Kier alpha value is -0.930. The number of nitrogens with zero attached hydrogens (tertiary/aromatic N) is 1. The molecule has 0 saturated carbocycles. The molecule has 2 rings (SSSR count). The first-order valence-electron chi connectivity index (χ1n) is 8.41. The second kappa shape index (κ2) is 8.50. The molecule has 1 heterocycles. The van der Waals surface area contributed by atoms with Crippen LogP contribution in [0.5, 0.6) is 0 Å². The van der Waals surface area contributed by atoms with E-state index in [4.69, 9.17) is 0 Å². The highest BCUT2D eigenvalue weighted by Crippen LogP contribution is 2.22. The molecule has 1 aliphatic heterocycles. The normalized spacial score (nSPS) is 22.0. The van der Waals surface area contributed by atoms with Crippen molar-refractivity contribution in [2.45, 2.75) is 57.5 Å². The van der Waals surface area contributed by atoms with Crippen molar-refractivity contribution in [2.24, 2.45) is 0 Å². The summed E-state index contributed by atoms with van der Waals surface area (Å²) in [6.07, 6.45) is 7.67. The van der Waals surface area contributed by atoms with Crippen molar-refractivity contribution in [3.63, 3.8) is 0 Å². The summed E-state index contributed by atoms with van der Waals surface area (Å²) in [6.45, 7) is 4.61. The maximum Gasteiger partial charge on any atom is 0.123 e. The van der Waals surface area contributed by atoms with Crippen LogP contribution in [0.25, 0.3) is 0 Å². The fourth-order valence-corrected chi connectivity index (χ4v) is 3.49. The second-order valence-electron chi connectivity index (χ2n) is 6.13. The highest BCUT2D eigenvalue weighted by molar-refractivity contribution is 5.20. The zero-order valence-corrected chi connectivity index (χ0v) is 13.4. The van der Waals surface area contributed by atoms with Gasteiger partial charge in [-0.1, -0.05) is 31.9 Å². The second-order valence-corrected chi connectivity index (χ2v) is 6.13. The van der Waals surface area contributed by atoms with Crippen LogP contribution in [0.15, 0.2) is 24.3 Å². The fraction of sp³-hybridized carbons (Fsp3) is 0.667. The first kappa shape index (κ1) is 16.4. The van der Waals surface area contributed by atoms with E-state index in [2.05, 4.69) is 17.1 Å². The lowest BCUT2D eigenvalue weighted by atomic mass is 10.0. The maximum atomic E-state index is 13.4. The van der Waals surface area contributed by atoms with Gasteiger partial charge in [0.1, 0.15) is 5.82 Å². The van der Waals surface area contributed by atoms with Gasteiger partial charge in [0.2, 0.25) is 0 Å². The van der Waals surface area contributed by atoms with E-state index in [1.54, 1.807) is 12.1 Å². The molecule has 2 atom stereocenters. The van der Waals surface area contributed by atoms with E-state index in [1.165, 1.54) is 44.7 Å². The van der Waals surface area contributed by atoms with E-state index in [0.29, 0.717) is 0 Å². The zero-order chi connectivity index (χ0) is 15.1. The minimum Gasteiger partial charge on any atom is -0.313 e. The molecule has 1 aromatic carbocycles. The molecule has 2 nitrogen and oxygen atoms in total. The Kier molecular flexibility index (Phi) is 6.65. The summed E-state index contributed by atoms with van der Waals surface area (Å²) >= 11 is 0. The van der Waals surface area contributed by atoms with Crippen LogP contribution in [0.2, 0.25) is 0 Å². The molecule has 1 aliphatic rings. The zero-order valence-electron chi connectivity index (χ0n) is 13.4. The summed E-state index contributed by atoms with van der Waals surface area (Å²) in [5.74, 6) is -0.144. The molecule has 2 unspecified atom stereocenters. The first-order chi connectivity index (χ1) is 10.2. The lowest BCUT2D eigenvalue weighted by molar-refractivity contribution is 0.185. The highest BCUT2D eigenvalue weighted by Gasteiger charge is 2.20. The molecule has 0 spiro atoms. The SMILES string of the molecule is CCC1CCCCCN1CCC(NC)c1cccc(F)c1. The van der Waals surface area contributed by atoms with Crippen molar-refractivity contribution < 1.29 is 4.39 Å². The fourth-order valence-electron chi connectivity index (χ4n) is 3.49. The summed E-state index contributed by atoms with van der Waals surface area (Å²) in [5.41, 5.74) is 1.06. The third-order valence-corrected chi connectivity index (χ3v) is 4.77. The van der Waals surface area contributed by atoms with E-state index in [1.807, 2.05) is 13.1 Å². The number of nitrogens with one attached hydrogen (secondary N) is 1. The van der Waals surface area contributed by atoms with Gasteiger partial charge in [-0.2, -0.15) is 0 Å². The van der Waals surface area contributed by atoms with Crippen molar-refractivity contribution >= 4 is 0 Å². The molecule has 0 amide bonds. The average Bonchev–Trinajstić information content (AvgIpc) is 2.73. The molecular formula is C18H29FN2. The number of hydrogen-bond donors (Lipinski definition) is 1. The number of rotatable bonds is 6. The van der Waals surface area contributed by atoms with Gasteiger partial charge in [0.15, 0.2) is 0 Å². The lowest BCUT2D eigenvalue weighted by Gasteiger charge is -2.30. The van der Waals surface area contributed by atoms with Crippen LogP contribution in [-0.2, 0) is 0 Å². The molecule has 3 heteroatoms. The summed E-state index contributed by atoms with van der Waals surface area (Å²) in [7, 11) is 1.97. The van der Waals surface area contributed by atoms with E-state index in [9.17, 15) is 4.39 Å². The van der Waals surface area contributed by atoms with Crippen molar-refractivity contribution in [1.29, 1.82) is 0 Å². The smallest absolute Gasteiger partial charge is 0.123 e. The van der Waals surface area contributed by atoms with Gasteiger partial charge in [0.25, 0.3) is 0 Å². The molecule has 21 heavy (non-hydrogen) atoms. The van der Waals surface area contributed by atoms with Crippen LogP contribution < -0.4 is 5.32 Å². The minimum absolute atomic E-state index is 0.144. The van der Waals surface area contributed by atoms with Gasteiger partial charge in [0, 0.05) is 18.6 Å². The van der Waals surface area contributed by atoms with Crippen molar-refractivity contribution in [1.82, 2.24) is 10.2 Å². The quantitative estimate of drug-likeness (QED) is 0.848. The molecule has 1 N–H and O–H groups in total. The van der Waals surface area contributed by atoms with Crippen LogP contribution in [0, 0.1) is 5.82 Å². The molecule has 1 aromatic rings. The van der Waals surface area contributed by atoms with E-state index in [0.717, 1.165) is 24.6 Å². The Bertz CT molecular complexity index is 421. The molecule has 0 radical (unpaired) electrons. The predicted molar refractivity (Wildman–Crippen MR) is 86.9 cm³/mol. The van der Waals surface area contributed by atoms with Gasteiger partial charge in [-0.25, -0.2) is 4.39 Å². The van der Waals surface area contributed by atoms with Gasteiger partial charge in [-0.15, -0.1) is 0 Å². The minimum atomic E-state index is -0.144. The molecule has 1 saturated heterocycles. The third kappa shape index (κ3) is 4.79. The predicted octanol–water partition coefficient (Wildman–Crippen LogP) is 4.13. The van der Waals surface area contributed by atoms with E-state index >= 15 is 0 Å². The van der Waals surface area contributed by atoms with Crippen LogP contribution in [0.4, 0.5) is 4.39 Å². The number of likely N-dealkylation sites (tertiary alicyclic amines) is 1. The molecule has 1 fully saturated rings. The standard InChI is InChI=1S/C18H29FN2/c1-3-17-10-5-4-6-12-21(17)13-11-18(20-2)15-8-7-9-16(19)14-15/h7-9,14,17-18,20H,3-6,10-13H2,1-2H3. The lowest BCUT2D eigenvalue weighted by Crippen LogP contribution is -2.36. The van der Waals surface area contributed by atoms with Crippen molar-refractivity contribution in [3.8, 4) is 0 Å². The summed E-state index contributed by atoms with van der Waals surface area (Å²) < 4.78 is 13.4. The molecule has 0 aliphatic carbocycles. The Labute approximate surface area is 128 Å². The van der Waals surface area contributed by atoms with Crippen LogP contribution in [-0.4, -0.2) is 31.1 Å². The summed E-state index contributed by atoms with van der Waals surface area (Å²) in [6, 6.07) is 7.96. The Morgan fingerprint density at radius 3 is 2.90 bits per heavy atom. The largest absolute Gasteiger partial charge is 0.313 e. The molecular weight excluding hydrogens is 263 g/mol.